The minimum absolute atomic E-state index is 0.0414. The summed E-state index contributed by atoms with van der Waals surface area (Å²) in [5.74, 6) is 0.0414. The number of amides is 1. The van der Waals surface area contributed by atoms with Gasteiger partial charge in [0, 0.05) is 25.0 Å². The van der Waals surface area contributed by atoms with E-state index in [1.165, 1.54) is 0 Å². The molecule has 0 saturated heterocycles. The molecule has 1 amide bonds. The molecular weight excluding hydrogens is 218 g/mol. The Balaban J connectivity index is 3.34. The molecule has 5 heteroatoms. The third kappa shape index (κ3) is 13.3. The van der Waals surface area contributed by atoms with E-state index >= 15 is 0 Å². The number of hydrogen-bond donors (Lipinski definition) is 2. The van der Waals surface area contributed by atoms with Crippen LogP contribution in [-0.2, 0) is 9.53 Å². The molecule has 0 aromatic rings. The summed E-state index contributed by atoms with van der Waals surface area (Å²) in [6.07, 6.45) is 1.17. The van der Waals surface area contributed by atoms with Crippen molar-refractivity contribution in [3.63, 3.8) is 0 Å². The van der Waals surface area contributed by atoms with Gasteiger partial charge in [-0.1, -0.05) is 0 Å². The molecule has 0 aliphatic heterocycles. The molecule has 0 spiro atoms. The molecule has 0 radical (unpaired) electrons. The maximum Gasteiger partial charge on any atom is 0.220 e. The monoisotopic (exact) mass is 245 g/mol. The van der Waals surface area contributed by atoms with Gasteiger partial charge in [0.1, 0.15) is 0 Å². The van der Waals surface area contributed by atoms with Crippen LogP contribution < -0.4 is 11.1 Å². The van der Waals surface area contributed by atoms with Crippen LogP contribution in [0.15, 0.2) is 0 Å². The highest BCUT2D eigenvalue weighted by molar-refractivity contribution is 5.75. The minimum Gasteiger partial charge on any atom is -0.378 e. The summed E-state index contributed by atoms with van der Waals surface area (Å²) in [6, 6.07) is 0. The highest BCUT2D eigenvalue weighted by Crippen LogP contribution is 2.06. The Bertz CT molecular complexity index is 212. The van der Waals surface area contributed by atoms with Gasteiger partial charge in [-0.15, -0.1) is 0 Å². The topological polar surface area (TPSA) is 67.6 Å². The van der Waals surface area contributed by atoms with Crippen molar-refractivity contribution in [3.8, 4) is 0 Å². The Labute approximate surface area is 105 Å². The van der Waals surface area contributed by atoms with E-state index in [4.69, 9.17) is 10.5 Å². The van der Waals surface area contributed by atoms with Gasteiger partial charge in [0.25, 0.3) is 0 Å². The normalized spacial score (nSPS) is 11.9. The SMILES string of the molecule is CN(C)CCOCCNC(=O)CCC(C)(C)N. The van der Waals surface area contributed by atoms with Gasteiger partial charge in [-0.25, -0.2) is 0 Å². The summed E-state index contributed by atoms with van der Waals surface area (Å²) < 4.78 is 5.36. The van der Waals surface area contributed by atoms with E-state index in [-0.39, 0.29) is 11.4 Å². The van der Waals surface area contributed by atoms with Gasteiger partial charge < -0.3 is 20.7 Å². The third-order valence-electron chi connectivity index (χ3n) is 2.25. The lowest BCUT2D eigenvalue weighted by Gasteiger charge is -2.17. The number of carbonyl (C=O) groups excluding carboxylic acids is 1. The molecule has 102 valence electrons. The molecule has 0 aliphatic carbocycles. The number of rotatable bonds is 9. The second kappa shape index (κ2) is 8.44. The van der Waals surface area contributed by atoms with Crippen molar-refractivity contribution < 1.29 is 9.53 Å². The summed E-state index contributed by atoms with van der Waals surface area (Å²) in [7, 11) is 4.00. The Morgan fingerprint density at radius 3 is 2.53 bits per heavy atom. The van der Waals surface area contributed by atoms with Crippen LogP contribution in [0.2, 0.25) is 0 Å². The van der Waals surface area contributed by atoms with Crippen LogP contribution in [0, 0.1) is 0 Å². The van der Waals surface area contributed by atoms with E-state index in [9.17, 15) is 4.79 Å². The van der Waals surface area contributed by atoms with Crippen molar-refractivity contribution in [2.24, 2.45) is 5.73 Å². The zero-order valence-corrected chi connectivity index (χ0v) is 11.6. The van der Waals surface area contributed by atoms with Crippen LogP contribution >= 0.6 is 0 Å². The van der Waals surface area contributed by atoms with E-state index in [1.54, 1.807) is 0 Å². The molecule has 0 fully saturated rings. The van der Waals surface area contributed by atoms with Gasteiger partial charge in [0.15, 0.2) is 0 Å². The van der Waals surface area contributed by atoms with Crippen LogP contribution in [0.1, 0.15) is 26.7 Å². The molecule has 0 aliphatic rings. The minimum atomic E-state index is -0.278. The van der Waals surface area contributed by atoms with Gasteiger partial charge in [0.05, 0.1) is 13.2 Å². The number of nitrogens with zero attached hydrogens (tertiary/aromatic N) is 1. The first-order valence-corrected chi connectivity index (χ1v) is 6.09. The van der Waals surface area contributed by atoms with Crippen molar-refractivity contribution in [1.29, 1.82) is 0 Å². The van der Waals surface area contributed by atoms with Gasteiger partial charge in [-0.2, -0.15) is 0 Å². The van der Waals surface area contributed by atoms with Crippen molar-refractivity contribution >= 4 is 5.91 Å². The molecule has 0 saturated carbocycles. The van der Waals surface area contributed by atoms with E-state index in [2.05, 4.69) is 10.2 Å². The highest BCUT2D eigenvalue weighted by Gasteiger charge is 2.12. The fourth-order valence-electron chi connectivity index (χ4n) is 1.14. The smallest absolute Gasteiger partial charge is 0.220 e. The summed E-state index contributed by atoms with van der Waals surface area (Å²) in [5.41, 5.74) is 5.52. The van der Waals surface area contributed by atoms with E-state index < -0.39 is 0 Å². The molecule has 0 rings (SSSR count). The van der Waals surface area contributed by atoms with Crippen molar-refractivity contribution in [2.45, 2.75) is 32.2 Å². The maximum absolute atomic E-state index is 11.4. The first kappa shape index (κ1) is 16.4. The maximum atomic E-state index is 11.4. The molecule has 0 atom stereocenters. The highest BCUT2D eigenvalue weighted by atomic mass is 16.5. The lowest BCUT2D eigenvalue weighted by atomic mass is 10.00. The Morgan fingerprint density at radius 2 is 2.00 bits per heavy atom. The van der Waals surface area contributed by atoms with Gasteiger partial charge >= 0.3 is 0 Å². The molecular formula is C12H27N3O2. The zero-order valence-electron chi connectivity index (χ0n) is 11.6. The summed E-state index contributed by atoms with van der Waals surface area (Å²) in [5, 5.41) is 2.81. The number of nitrogens with two attached hydrogens (primary N) is 1. The van der Waals surface area contributed by atoms with E-state index in [0.29, 0.717) is 32.6 Å². The molecule has 0 heterocycles. The summed E-state index contributed by atoms with van der Waals surface area (Å²) in [6.45, 7) is 6.56. The predicted molar refractivity (Wildman–Crippen MR) is 69.9 cm³/mol. The fourth-order valence-corrected chi connectivity index (χ4v) is 1.14. The first-order valence-electron chi connectivity index (χ1n) is 6.09. The van der Waals surface area contributed by atoms with Crippen LogP contribution in [0.3, 0.4) is 0 Å². The molecule has 0 unspecified atom stereocenters. The van der Waals surface area contributed by atoms with Gasteiger partial charge in [-0.05, 0) is 34.4 Å². The number of carbonyl (C=O) groups is 1. The summed E-state index contributed by atoms with van der Waals surface area (Å²) in [4.78, 5) is 13.5. The zero-order chi connectivity index (χ0) is 13.3. The van der Waals surface area contributed by atoms with E-state index in [0.717, 1.165) is 6.54 Å². The van der Waals surface area contributed by atoms with Crippen molar-refractivity contribution in [3.05, 3.63) is 0 Å². The number of hydrogen-bond acceptors (Lipinski definition) is 4. The fraction of sp³-hybridized carbons (Fsp3) is 0.917. The molecule has 0 bridgehead atoms. The molecule has 0 aromatic carbocycles. The van der Waals surface area contributed by atoms with Crippen LogP contribution in [0.25, 0.3) is 0 Å². The lowest BCUT2D eigenvalue weighted by molar-refractivity contribution is -0.121. The number of likely N-dealkylation sites (N-methyl/N-ethyl adjacent to an activating group) is 1. The Kier molecular flexibility index (Phi) is 8.12. The standard InChI is InChI=1S/C12H27N3O2/c1-12(2,13)6-5-11(16)14-7-9-17-10-8-15(3)4/h5-10,13H2,1-4H3,(H,14,16). The van der Waals surface area contributed by atoms with E-state index in [1.807, 2.05) is 27.9 Å². The third-order valence-corrected chi connectivity index (χ3v) is 2.25. The largest absolute Gasteiger partial charge is 0.378 e. The Morgan fingerprint density at radius 1 is 1.35 bits per heavy atom. The quantitative estimate of drug-likeness (QED) is 0.569. The second-order valence-electron chi connectivity index (χ2n) is 5.25. The average molecular weight is 245 g/mol. The molecule has 17 heavy (non-hydrogen) atoms. The molecule has 3 N–H and O–H groups in total. The molecule has 0 aromatic heterocycles. The predicted octanol–water partition coefficient (Wildman–Crippen LogP) is 0.198. The number of nitrogens with one attached hydrogen (secondary N) is 1. The summed E-state index contributed by atoms with van der Waals surface area (Å²) >= 11 is 0. The van der Waals surface area contributed by atoms with Crippen LogP contribution in [-0.4, -0.2) is 56.7 Å². The number of ether oxygens (including phenoxy) is 1. The van der Waals surface area contributed by atoms with Gasteiger partial charge in [-0.3, -0.25) is 4.79 Å². The average Bonchev–Trinajstić information content (AvgIpc) is 2.19. The second-order valence-corrected chi connectivity index (χ2v) is 5.25. The lowest BCUT2D eigenvalue weighted by Crippen LogP contribution is -2.35. The van der Waals surface area contributed by atoms with Crippen LogP contribution in [0.5, 0.6) is 0 Å². The van der Waals surface area contributed by atoms with Crippen molar-refractivity contribution in [2.75, 3.05) is 40.4 Å². The van der Waals surface area contributed by atoms with Crippen molar-refractivity contribution in [1.82, 2.24) is 10.2 Å². The molecule has 5 nitrogen and oxygen atoms in total. The first-order chi connectivity index (χ1) is 7.81. The van der Waals surface area contributed by atoms with Gasteiger partial charge in [0.2, 0.25) is 5.91 Å². The van der Waals surface area contributed by atoms with Crippen LogP contribution in [0.4, 0.5) is 0 Å². The Hall–Kier alpha value is -0.650.